The molecular formula is C18H25N3O. The lowest BCUT2D eigenvalue weighted by Crippen LogP contribution is -2.43. The zero-order valence-electron chi connectivity index (χ0n) is 13.7. The van der Waals surface area contributed by atoms with Gasteiger partial charge in [-0.1, -0.05) is 19.1 Å². The molecule has 22 heavy (non-hydrogen) atoms. The Kier molecular flexibility index (Phi) is 4.10. The van der Waals surface area contributed by atoms with Gasteiger partial charge in [-0.3, -0.25) is 0 Å². The molecule has 1 aliphatic heterocycles. The molecule has 1 aliphatic rings. The molecule has 0 bridgehead atoms. The molecule has 1 unspecified atom stereocenters. The van der Waals surface area contributed by atoms with Gasteiger partial charge in [0, 0.05) is 42.8 Å². The fourth-order valence-electron chi connectivity index (χ4n) is 3.22. The summed E-state index contributed by atoms with van der Waals surface area (Å²) in [6, 6.07) is 6.71. The van der Waals surface area contributed by atoms with E-state index in [1.54, 1.807) is 0 Å². The van der Waals surface area contributed by atoms with Crippen LogP contribution in [-0.2, 0) is 19.5 Å². The van der Waals surface area contributed by atoms with E-state index in [9.17, 15) is 4.79 Å². The van der Waals surface area contributed by atoms with Crippen molar-refractivity contribution in [3.63, 3.8) is 0 Å². The van der Waals surface area contributed by atoms with Crippen LogP contribution in [0, 0.1) is 0 Å². The third kappa shape index (κ3) is 2.58. The zero-order valence-corrected chi connectivity index (χ0v) is 13.7. The Morgan fingerprint density at radius 3 is 2.86 bits per heavy atom. The summed E-state index contributed by atoms with van der Waals surface area (Å²) in [6.45, 7) is 8.77. The summed E-state index contributed by atoms with van der Waals surface area (Å²) in [5, 5.41) is 4.43. The third-order valence-corrected chi connectivity index (χ3v) is 4.69. The normalized spacial score (nSPS) is 15.7. The number of aryl methyl sites for hydroxylation is 1. The van der Waals surface area contributed by atoms with Gasteiger partial charge in [0.15, 0.2) is 0 Å². The third-order valence-electron chi connectivity index (χ3n) is 4.69. The first kappa shape index (κ1) is 14.9. The number of hydrogen-bond acceptors (Lipinski definition) is 1. The molecule has 1 atom stereocenters. The summed E-state index contributed by atoms with van der Waals surface area (Å²) in [6.07, 6.45) is 4.13. The van der Waals surface area contributed by atoms with Gasteiger partial charge in [0.05, 0.1) is 0 Å². The van der Waals surface area contributed by atoms with Gasteiger partial charge >= 0.3 is 6.03 Å². The van der Waals surface area contributed by atoms with Crippen LogP contribution in [0.5, 0.6) is 0 Å². The summed E-state index contributed by atoms with van der Waals surface area (Å²) in [5.74, 6) is 0. The van der Waals surface area contributed by atoms with Crippen molar-refractivity contribution >= 4 is 16.9 Å². The molecule has 0 spiro atoms. The fourth-order valence-corrected chi connectivity index (χ4v) is 3.22. The summed E-state index contributed by atoms with van der Waals surface area (Å²) in [4.78, 5) is 14.4. The highest BCUT2D eigenvalue weighted by molar-refractivity contribution is 5.88. The van der Waals surface area contributed by atoms with Crippen LogP contribution >= 0.6 is 0 Å². The Morgan fingerprint density at radius 1 is 1.32 bits per heavy atom. The second-order valence-corrected chi connectivity index (χ2v) is 6.18. The van der Waals surface area contributed by atoms with E-state index >= 15 is 0 Å². The van der Waals surface area contributed by atoms with Crippen LogP contribution in [0.4, 0.5) is 4.79 Å². The van der Waals surface area contributed by atoms with E-state index in [-0.39, 0.29) is 12.1 Å². The molecule has 2 amide bonds. The van der Waals surface area contributed by atoms with E-state index in [1.165, 1.54) is 22.0 Å². The topological polar surface area (TPSA) is 37.3 Å². The molecule has 0 saturated heterocycles. The van der Waals surface area contributed by atoms with Crippen LogP contribution < -0.4 is 5.32 Å². The average molecular weight is 299 g/mol. The van der Waals surface area contributed by atoms with Gasteiger partial charge in [-0.25, -0.2) is 4.79 Å². The summed E-state index contributed by atoms with van der Waals surface area (Å²) < 4.78 is 2.31. The highest BCUT2D eigenvalue weighted by Gasteiger charge is 2.22. The number of nitrogens with zero attached hydrogens (tertiary/aromatic N) is 2. The number of aromatic nitrogens is 1. The van der Waals surface area contributed by atoms with Gasteiger partial charge in [0.25, 0.3) is 0 Å². The Labute approximate surface area is 132 Å². The Morgan fingerprint density at radius 2 is 2.14 bits per heavy atom. The number of benzene rings is 1. The van der Waals surface area contributed by atoms with Gasteiger partial charge < -0.3 is 14.8 Å². The minimum Gasteiger partial charge on any atom is -0.347 e. The Hall–Kier alpha value is -1.97. The fraction of sp³-hybridized carbons (Fsp3) is 0.500. The molecule has 4 heteroatoms. The van der Waals surface area contributed by atoms with Gasteiger partial charge in [-0.05, 0) is 43.9 Å². The summed E-state index contributed by atoms with van der Waals surface area (Å²) in [5.41, 5.74) is 3.92. The number of nitrogens with one attached hydrogen (secondary N) is 1. The lowest BCUT2D eigenvalue weighted by atomic mass is 10.1. The highest BCUT2D eigenvalue weighted by Crippen LogP contribution is 2.29. The van der Waals surface area contributed by atoms with E-state index in [2.05, 4.69) is 55.1 Å². The average Bonchev–Trinajstić information content (AvgIpc) is 2.78. The quantitative estimate of drug-likeness (QED) is 0.925. The Bertz CT molecular complexity index is 689. The number of carbonyl (C=O) groups is 1. The van der Waals surface area contributed by atoms with Crippen molar-refractivity contribution in [2.75, 3.05) is 6.54 Å². The number of rotatable bonds is 3. The molecule has 4 nitrogen and oxygen atoms in total. The highest BCUT2D eigenvalue weighted by atomic mass is 16.2. The molecule has 118 valence electrons. The first-order chi connectivity index (χ1) is 10.6. The second-order valence-electron chi connectivity index (χ2n) is 6.18. The molecular weight excluding hydrogens is 274 g/mol. The standard InChI is InChI=1S/C18H25N3O/c1-4-13(3)19-18(22)21-10-9-15-11-20(5-2)16-8-6-7-14(12-21)17(15)16/h6-8,11,13H,4-5,9-10,12H2,1-3H3,(H,19,22). The van der Waals surface area contributed by atoms with Gasteiger partial charge in [0.1, 0.15) is 0 Å². The van der Waals surface area contributed by atoms with Crippen LogP contribution in [0.25, 0.3) is 10.9 Å². The SMILES string of the molecule is CCC(C)NC(=O)N1CCc2cn(CC)c3cccc(c23)C1. The van der Waals surface area contributed by atoms with Crippen LogP contribution in [0.2, 0.25) is 0 Å². The van der Waals surface area contributed by atoms with Crippen LogP contribution in [0.1, 0.15) is 38.3 Å². The van der Waals surface area contributed by atoms with Gasteiger partial charge in [-0.2, -0.15) is 0 Å². The predicted molar refractivity (Wildman–Crippen MR) is 90.0 cm³/mol. The summed E-state index contributed by atoms with van der Waals surface area (Å²) in [7, 11) is 0. The van der Waals surface area contributed by atoms with Crippen molar-refractivity contribution in [1.82, 2.24) is 14.8 Å². The maximum absolute atomic E-state index is 12.4. The number of amides is 2. The minimum absolute atomic E-state index is 0.0554. The van der Waals surface area contributed by atoms with Crippen LogP contribution in [0.15, 0.2) is 24.4 Å². The maximum atomic E-state index is 12.4. The lowest BCUT2D eigenvalue weighted by Gasteiger charge is -2.24. The molecule has 0 aliphatic carbocycles. The Balaban J connectivity index is 1.91. The van der Waals surface area contributed by atoms with Crippen molar-refractivity contribution in [1.29, 1.82) is 0 Å². The molecule has 1 aromatic carbocycles. The number of urea groups is 1. The number of hydrogen-bond donors (Lipinski definition) is 1. The molecule has 2 aromatic rings. The molecule has 0 radical (unpaired) electrons. The lowest BCUT2D eigenvalue weighted by molar-refractivity contribution is 0.193. The molecule has 2 heterocycles. The van der Waals surface area contributed by atoms with Crippen molar-refractivity contribution in [2.45, 2.75) is 52.7 Å². The smallest absolute Gasteiger partial charge is 0.317 e. The van der Waals surface area contributed by atoms with Crippen molar-refractivity contribution < 1.29 is 4.79 Å². The monoisotopic (exact) mass is 299 g/mol. The maximum Gasteiger partial charge on any atom is 0.317 e. The van der Waals surface area contributed by atoms with Crippen LogP contribution in [0.3, 0.4) is 0 Å². The first-order valence-electron chi connectivity index (χ1n) is 8.29. The van der Waals surface area contributed by atoms with E-state index in [0.717, 1.165) is 25.9 Å². The number of carbonyl (C=O) groups excluding carboxylic acids is 1. The van der Waals surface area contributed by atoms with E-state index in [1.807, 2.05) is 4.90 Å². The molecule has 3 rings (SSSR count). The second kappa shape index (κ2) is 6.03. The van der Waals surface area contributed by atoms with E-state index in [4.69, 9.17) is 0 Å². The van der Waals surface area contributed by atoms with Crippen molar-refractivity contribution in [2.24, 2.45) is 0 Å². The van der Waals surface area contributed by atoms with Crippen molar-refractivity contribution in [3.8, 4) is 0 Å². The zero-order chi connectivity index (χ0) is 15.7. The van der Waals surface area contributed by atoms with Crippen molar-refractivity contribution in [3.05, 3.63) is 35.5 Å². The van der Waals surface area contributed by atoms with Gasteiger partial charge in [0.2, 0.25) is 0 Å². The van der Waals surface area contributed by atoms with E-state index < -0.39 is 0 Å². The van der Waals surface area contributed by atoms with E-state index in [0.29, 0.717) is 6.54 Å². The summed E-state index contributed by atoms with van der Waals surface area (Å²) >= 11 is 0. The minimum atomic E-state index is 0.0554. The predicted octanol–water partition coefficient (Wildman–Crippen LogP) is 3.53. The molecule has 1 N–H and O–H groups in total. The largest absolute Gasteiger partial charge is 0.347 e. The molecule has 1 aromatic heterocycles. The first-order valence-corrected chi connectivity index (χ1v) is 8.29. The molecule has 0 saturated carbocycles. The van der Waals surface area contributed by atoms with Crippen LogP contribution in [-0.4, -0.2) is 28.1 Å². The van der Waals surface area contributed by atoms with Gasteiger partial charge in [-0.15, -0.1) is 0 Å². The molecule has 0 fully saturated rings.